The summed E-state index contributed by atoms with van der Waals surface area (Å²) in [5.41, 5.74) is 1.20. The zero-order valence-electron chi connectivity index (χ0n) is 15.9. The molecule has 4 rings (SSSR count). The largest absolute Gasteiger partial charge is 0.442 e. The Bertz CT molecular complexity index is 1090. The molecular weight excluding hydrogens is 397 g/mol. The van der Waals surface area contributed by atoms with Gasteiger partial charge in [-0.15, -0.1) is 0 Å². The highest BCUT2D eigenvalue weighted by molar-refractivity contribution is 5.90. The second-order valence-electron chi connectivity index (χ2n) is 6.67. The Morgan fingerprint density at radius 1 is 1.40 bits per heavy atom. The maximum atomic E-state index is 14.8. The molecule has 1 atom stereocenters. The third-order valence-corrected chi connectivity index (χ3v) is 4.53. The Morgan fingerprint density at radius 2 is 2.23 bits per heavy atom. The summed E-state index contributed by atoms with van der Waals surface area (Å²) in [7, 11) is 0. The summed E-state index contributed by atoms with van der Waals surface area (Å²) in [6, 6.07) is 6.08. The van der Waals surface area contributed by atoms with Gasteiger partial charge < -0.3 is 24.3 Å². The van der Waals surface area contributed by atoms with Crippen molar-refractivity contribution in [3.05, 3.63) is 48.4 Å². The van der Waals surface area contributed by atoms with E-state index in [1.54, 1.807) is 29.1 Å². The van der Waals surface area contributed by atoms with Gasteiger partial charge in [0.15, 0.2) is 0 Å². The number of carbonyl (C=O) groups excluding carboxylic acids is 2. The number of ether oxygens (including phenoxy) is 1. The van der Waals surface area contributed by atoms with Crippen LogP contribution in [0.25, 0.3) is 17.1 Å². The molecule has 1 aliphatic rings. The fraction of sp³-hybridized carbons (Fsp3) is 0.263. The number of cyclic esters (lactones) is 1. The van der Waals surface area contributed by atoms with Gasteiger partial charge in [-0.3, -0.25) is 9.69 Å². The monoisotopic (exact) mass is 415 g/mol. The SMILES string of the molecule is CC(=O)NC[C@H]1CN(c2ccc(-n3ccc(-c4noc(CO)n4)c3)c(F)c2)C(=O)O1. The molecule has 30 heavy (non-hydrogen) atoms. The van der Waals surface area contributed by atoms with Gasteiger partial charge in [0.25, 0.3) is 5.89 Å². The Kier molecular flexibility index (Phi) is 5.19. The topological polar surface area (TPSA) is 123 Å². The highest BCUT2D eigenvalue weighted by atomic mass is 19.1. The number of halogens is 1. The van der Waals surface area contributed by atoms with E-state index in [4.69, 9.17) is 14.4 Å². The van der Waals surface area contributed by atoms with Crippen molar-refractivity contribution in [1.29, 1.82) is 0 Å². The molecule has 1 aromatic carbocycles. The molecule has 1 saturated heterocycles. The summed E-state index contributed by atoms with van der Waals surface area (Å²) in [5, 5.41) is 15.4. The van der Waals surface area contributed by atoms with Crippen LogP contribution < -0.4 is 10.2 Å². The van der Waals surface area contributed by atoms with Crippen LogP contribution in [0.5, 0.6) is 0 Å². The average Bonchev–Trinajstić information content (AvgIpc) is 3.45. The molecule has 11 heteroatoms. The van der Waals surface area contributed by atoms with Crippen molar-refractivity contribution in [2.45, 2.75) is 19.6 Å². The molecule has 3 heterocycles. The van der Waals surface area contributed by atoms with Crippen molar-refractivity contribution >= 4 is 17.7 Å². The van der Waals surface area contributed by atoms with E-state index in [9.17, 15) is 14.0 Å². The van der Waals surface area contributed by atoms with E-state index in [2.05, 4.69) is 15.5 Å². The smallest absolute Gasteiger partial charge is 0.414 e. The van der Waals surface area contributed by atoms with Gasteiger partial charge in [-0.2, -0.15) is 4.98 Å². The molecule has 156 valence electrons. The predicted molar refractivity (Wildman–Crippen MR) is 101 cm³/mol. The molecule has 1 fully saturated rings. The standard InChI is InChI=1S/C19H18FN5O5/c1-11(27)21-7-14-9-25(19(28)29-14)13-2-3-16(15(20)6-13)24-5-4-12(8-24)18-22-17(10-26)30-23-18/h2-6,8,14,26H,7,9-10H2,1H3,(H,21,27)/t14-/m0/s1. The minimum Gasteiger partial charge on any atom is -0.442 e. The zero-order valence-corrected chi connectivity index (χ0v) is 15.9. The van der Waals surface area contributed by atoms with Gasteiger partial charge in [0.05, 0.1) is 24.5 Å². The molecule has 3 aromatic rings. The summed E-state index contributed by atoms with van der Waals surface area (Å²) in [5.74, 6) is -0.404. The number of aliphatic hydroxyl groups excluding tert-OH is 1. The number of hydrogen-bond acceptors (Lipinski definition) is 7. The lowest BCUT2D eigenvalue weighted by Crippen LogP contribution is -2.33. The Hall–Kier alpha value is -3.73. The predicted octanol–water partition coefficient (Wildman–Crippen LogP) is 1.62. The van der Waals surface area contributed by atoms with Crippen molar-refractivity contribution in [3.8, 4) is 17.1 Å². The number of aromatic nitrogens is 3. The van der Waals surface area contributed by atoms with Gasteiger partial charge in [0, 0.05) is 24.9 Å². The van der Waals surface area contributed by atoms with Crippen LogP contribution in [0.2, 0.25) is 0 Å². The van der Waals surface area contributed by atoms with Crippen LogP contribution in [0.15, 0.2) is 41.2 Å². The molecule has 0 saturated carbocycles. The van der Waals surface area contributed by atoms with Crippen molar-refractivity contribution < 1.29 is 28.3 Å². The second kappa shape index (κ2) is 7.95. The van der Waals surface area contributed by atoms with Crippen molar-refractivity contribution in [1.82, 2.24) is 20.0 Å². The van der Waals surface area contributed by atoms with E-state index >= 15 is 0 Å². The highest BCUT2D eigenvalue weighted by Gasteiger charge is 2.32. The number of hydrogen-bond donors (Lipinski definition) is 2. The minimum atomic E-state index is -0.599. The molecule has 0 radical (unpaired) electrons. The summed E-state index contributed by atoms with van der Waals surface area (Å²) >= 11 is 0. The number of aliphatic hydroxyl groups is 1. The molecule has 2 amide bonds. The third-order valence-electron chi connectivity index (χ3n) is 4.53. The molecule has 10 nitrogen and oxygen atoms in total. The van der Waals surface area contributed by atoms with Crippen LogP contribution in [0, 0.1) is 5.82 Å². The Balaban J connectivity index is 1.51. The fourth-order valence-corrected chi connectivity index (χ4v) is 3.08. The second-order valence-corrected chi connectivity index (χ2v) is 6.67. The molecule has 2 aromatic heterocycles. The van der Waals surface area contributed by atoms with Gasteiger partial charge in [-0.25, -0.2) is 9.18 Å². The first-order valence-corrected chi connectivity index (χ1v) is 9.09. The first-order valence-electron chi connectivity index (χ1n) is 9.09. The lowest BCUT2D eigenvalue weighted by molar-refractivity contribution is -0.119. The van der Waals surface area contributed by atoms with E-state index in [0.29, 0.717) is 11.3 Å². The maximum absolute atomic E-state index is 14.8. The lowest BCUT2D eigenvalue weighted by atomic mass is 10.2. The van der Waals surface area contributed by atoms with E-state index in [1.165, 1.54) is 24.0 Å². The fourth-order valence-electron chi connectivity index (χ4n) is 3.08. The van der Waals surface area contributed by atoms with Crippen molar-refractivity contribution in [2.75, 3.05) is 18.0 Å². The number of nitrogens with zero attached hydrogens (tertiary/aromatic N) is 4. The number of anilines is 1. The quantitative estimate of drug-likeness (QED) is 0.627. The van der Waals surface area contributed by atoms with Crippen LogP contribution in [0.4, 0.5) is 14.9 Å². The lowest BCUT2D eigenvalue weighted by Gasteiger charge is -2.14. The Morgan fingerprint density at radius 3 is 2.93 bits per heavy atom. The van der Waals surface area contributed by atoms with Gasteiger partial charge in [-0.05, 0) is 24.3 Å². The van der Waals surface area contributed by atoms with Gasteiger partial charge in [-0.1, -0.05) is 5.16 Å². The number of benzene rings is 1. The third kappa shape index (κ3) is 3.87. The number of nitrogens with one attached hydrogen (secondary N) is 1. The molecule has 2 N–H and O–H groups in total. The summed E-state index contributed by atoms with van der Waals surface area (Å²) in [6.07, 6.45) is 2.15. The van der Waals surface area contributed by atoms with Crippen LogP contribution in [0.3, 0.4) is 0 Å². The Labute approximate surface area is 169 Å². The molecule has 0 spiro atoms. The number of amides is 2. The summed E-state index contributed by atoms with van der Waals surface area (Å²) in [4.78, 5) is 28.5. The first-order chi connectivity index (χ1) is 14.4. The first kappa shape index (κ1) is 19.6. The molecule has 1 aliphatic heterocycles. The number of carbonyl (C=O) groups is 2. The highest BCUT2D eigenvalue weighted by Crippen LogP contribution is 2.27. The average molecular weight is 415 g/mol. The molecule has 0 unspecified atom stereocenters. The van der Waals surface area contributed by atoms with Crippen LogP contribution in [0.1, 0.15) is 12.8 Å². The van der Waals surface area contributed by atoms with Gasteiger partial charge >= 0.3 is 6.09 Å². The van der Waals surface area contributed by atoms with E-state index < -0.39 is 18.0 Å². The summed E-state index contributed by atoms with van der Waals surface area (Å²) < 4.78 is 26.4. The minimum absolute atomic E-state index is 0.0857. The van der Waals surface area contributed by atoms with E-state index in [-0.39, 0.29) is 43.0 Å². The molecule has 0 aliphatic carbocycles. The number of rotatable bonds is 6. The van der Waals surface area contributed by atoms with Gasteiger partial charge in [0.2, 0.25) is 11.7 Å². The van der Waals surface area contributed by atoms with E-state index in [0.717, 1.165) is 0 Å². The zero-order chi connectivity index (χ0) is 21.3. The molecular formula is C19H18FN5O5. The van der Waals surface area contributed by atoms with Gasteiger partial charge in [0.1, 0.15) is 18.5 Å². The molecule has 0 bridgehead atoms. The van der Waals surface area contributed by atoms with Crippen LogP contribution in [-0.2, 0) is 16.1 Å². The normalized spacial score (nSPS) is 16.0. The van der Waals surface area contributed by atoms with E-state index in [1.807, 2.05) is 0 Å². The van der Waals surface area contributed by atoms with Crippen molar-refractivity contribution in [2.24, 2.45) is 0 Å². The van der Waals surface area contributed by atoms with Crippen LogP contribution >= 0.6 is 0 Å². The van der Waals surface area contributed by atoms with Crippen LogP contribution in [-0.4, -0.2) is 51.0 Å². The van der Waals surface area contributed by atoms with Crippen molar-refractivity contribution in [3.63, 3.8) is 0 Å². The maximum Gasteiger partial charge on any atom is 0.414 e. The summed E-state index contributed by atoms with van der Waals surface area (Å²) in [6.45, 7) is 1.41.